The average Bonchev–Trinajstić information content (AvgIpc) is 3.48. The van der Waals surface area contributed by atoms with Gasteiger partial charge >= 0.3 is 24.1 Å². The number of carbonyl (C=O) groups is 3. The molecule has 0 aromatic heterocycles. The second-order valence-electron chi connectivity index (χ2n) is 12.0. The van der Waals surface area contributed by atoms with E-state index in [9.17, 15) is 27.6 Å². The standard InChI is InChI=1S/C15H25F3O2.C13H18O4/c1-5-10(2)13(19)20-14(3,4)11-6-8-12(9-7-11)15(16,17)18;1-3-6(2)12(14)16-10-7-4-8-9(5-7)13(15)17-11(8)10/h10-12H,5-9H2,1-4H3;6-11H,3-5H2,1-2H3. The van der Waals surface area contributed by atoms with Gasteiger partial charge in [0.2, 0.25) is 0 Å². The molecule has 2 bridgehead atoms. The number of fused-ring (bicyclic) bond motifs is 1. The molecule has 4 rings (SSSR count). The fraction of sp³-hybridized carbons (Fsp3) is 0.893. The first-order valence-corrected chi connectivity index (χ1v) is 13.9. The summed E-state index contributed by atoms with van der Waals surface area (Å²) in [4.78, 5) is 35.2. The first-order chi connectivity index (χ1) is 17.2. The molecular formula is C28H43F3O6. The third kappa shape index (κ3) is 6.62. The van der Waals surface area contributed by atoms with Crippen LogP contribution in [0.25, 0.3) is 0 Å². The van der Waals surface area contributed by atoms with Gasteiger partial charge in [-0.15, -0.1) is 0 Å². The van der Waals surface area contributed by atoms with E-state index in [2.05, 4.69) is 0 Å². The largest absolute Gasteiger partial charge is 0.459 e. The number of rotatable bonds is 7. The van der Waals surface area contributed by atoms with Crippen molar-refractivity contribution < 1.29 is 41.8 Å². The molecule has 4 aliphatic rings. The van der Waals surface area contributed by atoms with Gasteiger partial charge in [-0.2, -0.15) is 13.2 Å². The molecular weight excluding hydrogens is 489 g/mol. The fourth-order valence-electron chi connectivity index (χ4n) is 6.21. The Morgan fingerprint density at radius 1 is 0.946 bits per heavy atom. The van der Waals surface area contributed by atoms with Crippen molar-refractivity contribution in [3.05, 3.63) is 0 Å². The molecule has 0 aromatic carbocycles. The molecule has 0 amide bonds. The van der Waals surface area contributed by atoms with Crippen molar-refractivity contribution in [1.29, 1.82) is 0 Å². The van der Waals surface area contributed by atoms with E-state index in [1.54, 1.807) is 6.92 Å². The second-order valence-corrected chi connectivity index (χ2v) is 12.0. The zero-order chi connectivity index (χ0) is 27.7. The van der Waals surface area contributed by atoms with Crippen LogP contribution in [0.5, 0.6) is 0 Å². The van der Waals surface area contributed by atoms with Gasteiger partial charge in [-0.1, -0.05) is 27.7 Å². The van der Waals surface area contributed by atoms with Crippen molar-refractivity contribution in [2.75, 3.05) is 0 Å². The highest BCUT2D eigenvalue weighted by molar-refractivity contribution is 5.77. The lowest BCUT2D eigenvalue weighted by atomic mass is 9.74. The molecule has 0 aromatic rings. The number of halogens is 3. The Balaban J connectivity index is 0.000000207. The minimum Gasteiger partial charge on any atom is -0.459 e. The SMILES string of the molecule is CCC(C)C(=O)OC(C)(C)C1CCC(C(F)(F)F)CC1.CCC(C)C(=O)OC1C2CC3C(=O)OC1C3C2. The van der Waals surface area contributed by atoms with Gasteiger partial charge in [0.15, 0.2) is 0 Å². The molecule has 9 heteroatoms. The number of alkyl halides is 3. The van der Waals surface area contributed by atoms with Crippen LogP contribution < -0.4 is 0 Å². The van der Waals surface area contributed by atoms with Crippen molar-refractivity contribution in [3.63, 3.8) is 0 Å². The summed E-state index contributed by atoms with van der Waals surface area (Å²) >= 11 is 0. The van der Waals surface area contributed by atoms with Crippen LogP contribution >= 0.6 is 0 Å². The Kier molecular flexibility index (Phi) is 9.26. The van der Waals surface area contributed by atoms with Gasteiger partial charge in [-0.25, -0.2) is 0 Å². The highest BCUT2D eigenvalue weighted by Crippen LogP contribution is 2.55. The molecule has 0 N–H and O–H groups in total. The predicted molar refractivity (Wildman–Crippen MR) is 130 cm³/mol. The number of esters is 3. The lowest BCUT2D eigenvalue weighted by Gasteiger charge is -2.39. The van der Waals surface area contributed by atoms with Gasteiger partial charge in [0, 0.05) is 11.8 Å². The molecule has 212 valence electrons. The Morgan fingerprint density at radius 2 is 1.49 bits per heavy atom. The number of ether oxygens (including phenoxy) is 3. The van der Waals surface area contributed by atoms with Crippen LogP contribution in [-0.2, 0) is 28.6 Å². The molecule has 6 nitrogen and oxygen atoms in total. The zero-order valence-electron chi connectivity index (χ0n) is 22.9. The smallest absolute Gasteiger partial charge is 0.391 e. The third-order valence-corrected chi connectivity index (χ3v) is 9.23. The van der Waals surface area contributed by atoms with Crippen LogP contribution in [0.2, 0.25) is 0 Å². The van der Waals surface area contributed by atoms with Crippen LogP contribution in [-0.4, -0.2) is 41.9 Å². The molecule has 3 saturated carbocycles. The molecule has 0 radical (unpaired) electrons. The number of hydrogen-bond donors (Lipinski definition) is 0. The van der Waals surface area contributed by atoms with Crippen molar-refractivity contribution in [2.45, 2.75) is 117 Å². The normalized spacial score (nSPS) is 34.2. The highest BCUT2D eigenvalue weighted by atomic mass is 19.4. The van der Waals surface area contributed by atoms with Gasteiger partial charge in [-0.05, 0) is 71.1 Å². The van der Waals surface area contributed by atoms with Gasteiger partial charge in [0.1, 0.15) is 17.8 Å². The first kappa shape index (κ1) is 29.8. The van der Waals surface area contributed by atoms with Gasteiger partial charge in [0.25, 0.3) is 0 Å². The van der Waals surface area contributed by atoms with Crippen LogP contribution in [0.3, 0.4) is 0 Å². The molecule has 4 fully saturated rings. The average molecular weight is 533 g/mol. The maximum atomic E-state index is 12.6. The quantitative estimate of drug-likeness (QED) is 0.285. The Labute approximate surface area is 218 Å². The van der Waals surface area contributed by atoms with E-state index in [-0.39, 0.29) is 66.6 Å². The van der Waals surface area contributed by atoms with Crippen molar-refractivity contribution >= 4 is 17.9 Å². The van der Waals surface area contributed by atoms with Crippen LogP contribution in [0.15, 0.2) is 0 Å². The molecule has 1 saturated heterocycles. The topological polar surface area (TPSA) is 78.9 Å². The molecule has 1 heterocycles. The van der Waals surface area contributed by atoms with E-state index < -0.39 is 17.7 Å². The molecule has 3 aliphatic carbocycles. The van der Waals surface area contributed by atoms with Crippen molar-refractivity contribution in [1.82, 2.24) is 0 Å². The van der Waals surface area contributed by atoms with E-state index in [4.69, 9.17) is 14.2 Å². The molecule has 7 unspecified atom stereocenters. The lowest BCUT2D eigenvalue weighted by molar-refractivity contribution is -0.192. The molecule has 37 heavy (non-hydrogen) atoms. The van der Waals surface area contributed by atoms with E-state index in [1.807, 2.05) is 34.6 Å². The predicted octanol–water partition coefficient (Wildman–Crippen LogP) is 6.25. The summed E-state index contributed by atoms with van der Waals surface area (Å²) in [7, 11) is 0. The molecule has 1 aliphatic heterocycles. The summed E-state index contributed by atoms with van der Waals surface area (Å²) < 4.78 is 54.4. The Morgan fingerprint density at radius 3 is 2.03 bits per heavy atom. The number of carbonyl (C=O) groups excluding carboxylic acids is 3. The third-order valence-electron chi connectivity index (χ3n) is 9.23. The fourth-order valence-corrected chi connectivity index (χ4v) is 6.21. The maximum absolute atomic E-state index is 12.6. The zero-order valence-corrected chi connectivity index (χ0v) is 22.9. The molecule has 0 spiro atoms. The summed E-state index contributed by atoms with van der Waals surface area (Å²) in [6.07, 6.45) is 0.0963. The maximum Gasteiger partial charge on any atom is 0.391 e. The van der Waals surface area contributed by atoms with Crippen molar-refractivity contribution in [3.8, 4) is 0 Å². The highest BCUT2D eigenvalue weighted by Gasteiger charge is 2.63. The number of hydrogen-bond acceptors (Lipinski definition) is 6. The first-order valence-electron chi connectivity index (χ1n) is 13.9. The summed E-state index contributed by atoms with van der Waals surface area (Å²) in [5.74, 6) is -1.17. The summed E-state index contributed by atoms with van der Waals surface area (Å²) in [6.45, 7) is 11.2. The minimum atomic E-state index is -4.09. The van der Waals surface area contributed by atoms with Gasteiger partial charge < -0.3 is 14.2 Å². The van der Waals surface area contributed by atoms with E-state index in [0.29, 0.717) is 31.1 Å². The van der Waals surface area contributed by atoms with E-state index in [0.717, 1.165) is 19.3 Å². The summed E-state index contributed by atoms with van der Waals surface area (Å²) in [6, 6.07) is 0. The van der Waals surface area contributed by atoms with Crippen LogP contribution in [0.4, 0.5) is 13.2 Å². The lowest BCUT2D eigenvalue weighted by Crippen LogP contribution is -2.41. The molecule has 7 atom stereocenters. The minimum absolute atomic E-state index is 0.00843. The summed E-state index contributed by atoms with van der Waals surface area (Å²) in [5, 5.41) is 0. The second kappa shape index (κ2) is 11.5. The Hall–Kier alpha value is -1.80. The van der Waals surface area contributed by atoms with E-state index >= 15 is 0 Å². The van der Waals surface area contributed by atoms with Crippen molar-refractivity contribution in [2.24, 2.45) is 41.4 Å². The van der Waals surface area contributed by atoms with Crippen LogP contribution in [0.1, 0.15) is 92.9 Å². The summed E-state index contributed by atoms with van der Waals surface area (Å²) in [5.41, 5.74) is -0.683. The van der Waals surface area contributed by atoms with Crippen LogP contribution in [0, 0.1) is 41.4 Å². The monoisotopic (exact) mass is 532 g/mol. The van der Waals surface area contributed by atoms with E-state index in [1.165, 1.54) is 0 Å². The Bertz CT molecular complexity index is 832. The van der Waals surface area contributed by atoms with Gasteiger partial charge in [-0.3, -0.25) is 14.4 Å². The van der Waals surface area contributed by atoms with Gasteiger partial charge in [0.05, 0.1) is 23.7 Å².